The third kappa shape index (κ3) is 5.51. The van der Waals surface area contributed by atoms with Gasteiger partial charge in [0.1, 0.15) is 19.0 Å². The number of nitrogen functional groups attached to an aromatic ring is 1. The second kappa shape index (κ2) is 11.2. The van der Waals surface area contributed by atoms with Crippen LogP contribution in [0.5, 0.6) is 11.5 Å². The number of rotatable bonds is 9. The molecule has 0 aliphatic rings. The predicted molar refractivity (Wildman–Crippen MR) is 119 cm³/mol. The molecule has 0 spiro atoms. The van der Waals surface area contributed by atoms with Crippen molar-refractivity contribution in [2.24, 2.45) is 0 Å². The Kier molecular flexibility index (Phi) is 8.69. The largest absolute Gasteiger partial charge is 0.487 e. The van der Waals surface area contributed by atoms with Gasteiger partial charge in [0, 0.05) is 36.8 Å². The van der Waals surface area contributed by atoms with Crippen LogP contribution in [0.15, 0.2) is 36.4 Å². The summed E-state index contributed by atoms with van der Waals surface area (Å²) in [6.45, 7) is 1.65. The minimum Gasteiger partial charge on any atom is -0.487 e. The molecular formula is C22H24ClN3O4. The molecule has 0 amide bonds. The van der Waals surface area contributed by atoms with Crippen LogP contribution >= 0.6 is 12.4 Å². The van der Waals surface area contributed by atoms with Crippen LogP contribution in [0.1, 0.15) is 5.56 Å². The van der Waals surface area contributed by atoms with E-state index in [0.29, 0.717) is 60.5 Å². The lowest BCUT2D eigenvalue weighted by atomic mass is 10.1. The number of aromatic nitrogens is 2. The first kappa shape index (κ1) is 23.2. The van der Waals surface area contributed by atoms with E-state index in [4.69, 9.17) is 31.1 Å². The van der Waals surface area contributed by atoms with Gasteiger partial charge in [-0.1, -0.05) is 18.1 Å². The van der Waals surface area contributed by atoms with Crippen molar-refractivity contribution in [3.8, 4) is 35.2 Å². The highest BCUT2D eigenvalue weighted by atomic mass is 35.5. The minimum absolute atomic E-state index is 0. The Morgan fingerprint density at radius 3 is 2.23 bits per heavy atom. The van der Waals surface area contributed by atoms with Crippen LogP contribution in [0.2, 0.25) is 0 Å². The summed E-state index contributed by atoms with van der Waals surface area (Å²) in [4.78, 5) is 9.10. The Labute approximate surface area is 181 Å². The van der Waals surface area contributed by atoms with Crippen molar-refractivity contribution in [1.29, 1.82) is 0 Å². The molecule has 7 nitrogen and oxygen atoms in total. The fourth-order valence-corrected chi connectivity index (χ4v) is 2.73. The van der Waals surface area contributed by atoms with Gasteiger partial charge in [-0.25, -0.2) is 9.97 Å². The lowest BCUT2D eigenvalue weighted by Gasteiger charge is -2.15. The van der Waals surface area contributed by atoms with Gasteiger partial charge in [0.25, 0.3) is 0 Å². The molecule has 3 aromatic rings. The highest BCUT2D eigenvalue weighted by Crippen LogP contribution is 2.35. The normalized spacial score (nSPS) is 10.3. The van der Waals surface area contributed by atoms with Crippen molar-refractivity contribution in [2.75, 3.05) is 46.4 Å². The third-order valence-corrected chi connectivity index (χ3v) is 4.17. The average molecular weight is 430 g/mol. The van der Waals surface area contributed by atoms with Gasteiger partial charge < -0.3 is 24.7 Å². The summed E-state index contributed by atoms with van der Waals surface area (Å²) in [5, 5.41) is 0.674. The molecule has 0 saturated heterocycles. The summed E-state index contributed by atoms with van der Waals surface area (Å²) in [7, 11) is 3.23. The molecule has 0 aliphatic heterocycles. The monoisotopic (exact) mass is 429 g/mol. The van der Waals surface area contributed by atoms with Gasteiger partial charge in [-0.3, -0.25) is 0 Å². The van der Waals surface area contributed by atoms with E-state index in [1.807, 2.05) is 24.3 Å². The highest BCUT2D eigenvalue weighted by Gasteiger charge is 2.14. The zero-order chi connectivity index (χ0) is 20.6. The van der Waals surface area contributed by atoms with Crippen LogP contribution in [0.3, 0.4) is 0 Å². The average Bonchev–Trinajstić information content (AvgIpc) is 2.74. The molecule has 0 aliphatic carbocycles. The number of halogens is 1. The first-order valence-electron chi connectivity index (χ1n) is 9.08. The fourth-order valence-electron chi connectivity index (χ4n) is 2.73. The SMILES string of the molecule is C#Cc1cccc(-c2nc(N)c3cc(OCCOC)c(OCCOC)cc3n2)c1.Cl. The second-order valence-electron chi connectivity index (χ2n) is 6.16. The lowest BCUT2D eigenvalue weighted by Crippen LogP contribution is -2.09. The maximum absolute atomic E-state index is 6.23. The topological polar surface area (TPSA) is 88.7 Å². The van der Waals surface area contributed by atoms with E-state index in [1.54, 1.807) is 26.4 Å². The summed E-state index contributed by atoms with van der Waals surface area (Å²) in [5.74, 6) is 4.54. The number of terminal acetylenes is 1. The fraction of sp³-hybridized carbons (Fsp3) is 0.273. The van der Waals surface area contributed by atoms with E-state index in [0.717, 1.165) is 11.1 Å². The molecule has 30 heavy (non-hydrogen) atoms. The Hall–Kier alpha value is -3.05. The van der Waals surface area contributed by atoms with Gasteiger partial charge in [0.05, 0.1) is 18.7 Å². The Balaban J connectivity index is 0.00000320. The smallest absolute Gasteiger partial charge is 0.163 e. The van der Waals surface area contributed by atoms with E-state index < -0.39 is 0 Å². The first-order chi connectivity index (χ1) is 14.2. The number of nitrogens with two attached hydrogens (primary N) is 1. The van der Waals surface area contributed by atoms with E-state index in [2.05, 4.69) is 15.9 Å². The van der Waals surface area contributed by atoms with Crippen LogP contribution in [0.4, 0.5) is 5.82 Å². The van der Waals surface area contributed by atoms with Crippen LogP contribution in [-0.2, 0) is 9.47 Å². The quantitative estimate of drug-likeness (QED) is 0.412. The van der Waals surface area contributed by atoms with Gasteiger partial charge in [0.2, 0.25) is 0 Å². The van der Waals surface area contributed by atoms with Crippen molar-refractivity contribution in [3.05, 3.63) is 42.0 Å². The number of hydrogen-bond acceptors (Lipinski definition) is 7. The van der Waals surface area contributed by atoms with Crippen LogP contribution in [0, 0.1) is 12.3 Å². The van der Waals surface area contributed by atoms with Gasteiger partial charge in [-0.05, 0) is 18.2 Å². The molecule has 0 radical (unpaired) electrons. The summed E-state index contributed by atoms with van der Waals surface area (Å²) in [6, 6.07) is 11.0. The Bertz CT molecular complexity index is 1040. The summed E-state index contributed by atoms with van der Waals surface area (Å²) >= 11 is 0. The number of methoxy groups -OCH3 is 2. The van der Waals surface area contributed by atoms with Crippen molar-refractivity contribution in [2.45, 2.75) is 0 Å². The Morgan fingerprint density at radius 2 is 1.60 bits per heavy atom. The second-order valence-corrected chi connectivity index (χ2v) is 6.16. The molecule has 8 heteroatoms. The van der Waals surface area contributed by atoms with Crippen molar-refractivity contribution >= 4 is 29.1 Å². The molecule has 0 fully saturated rings. The van der Waals surface area contributed by atoms with Crippen LogP contribution in [-0.4, -0.2) is 50.6 Å². The molecule has 1 aromatic heterocycles. The zero-order valence-electron chi connectivity index (χ0n) is 16.9. The van der Waals surface area contributed by atoms with Crippen LogP contribution < -0.4 is 15.2 Å². The van der Waals surface area contributed by atoms with E-state index in [-0.39, 0.29) is 12.4 Å². The summed E-state index contributed by atoms with van der Waals surface area (Å²) in [5.41, 5.74) is 8.41. The Morgan fingerprint density at radius 1 is 0.933 bits per heavy atom. The maximum atomic E-state index is 6.23. The molecule has 0 bridgehead atoms. The third-order valence-electron chi connectivity index (χ3n) is 4.17. The summed E-state index contributed by atoms with van der Waals surface area (Å²) < 4.78 is 21.7. The molecule has 0 unspecified atom stereocenters. The number of benzene rings is 2. The molecule has 2 aromatic carbocycles. The highest BCUT2D eigenvalue weighted by molar-refractivity contribution is 5.92. The first-order valence-corrected chi connectivity index (χ1v) is 9.08. The van der Waals surface area contributed by atoms with Crippen molar-refractivity contribution in [1.82, 2.24) is 9.97 Å². The van der Waals surface area contributed by atoms with Crippen molar-refractivity contribution in [3.63, 3.8) is 0 Å². The van der Waals surface area contributed by atoms with E-state index in [9.17, 15) is 0 Å². The van der Waals surface area contributed by atoms with Crippen LogP contribution in [0.25, 0.3) is 22.3 Å². The molecular weight excluding hydrogens is 406 g/mol. The number of fused-ring (bicyclic) bond motifs is 1. The summed E-state index contributed by atoms with van der Waals surface area (Å²) in [6.07, 6.45) is 5.50. The molecule has 0 atom stereocenters. The minimum atomic E-state index is 0. The predicted octanol–water partition coefficient (Wildman–Crippen LogP) is 3.33. The molecule has 2 N–H and O–H groups in total. The van der Waals surface area contributed by atoms with Gasteiger partial charge in [-0.15, -0.1) is 18.8 Å². The molecule has 3 rings (SSSR count). The van der Waals surface area contributed by atoms with Gasteiger partial charge in [-0.2, -0.15) is 0 Å². The van der Waals surface area contributed by atoms with Crippen molar-refractivity contribution < 1.29 is 18.9 Å². The maximum Gasteiger partial charge on any atom is 0.163 e. The van der Waals surface area contributed by atoms with Gasteiger partial charge >= 0.3 is 0 Å². The van der Waals surface area contributed by atoms with Gasteiger partial charge in [0.15, 0.2) is 17.3 Å². The number of ether oxygens (including phenoxy) is 4. The number of anilines is 1. The zero-order valence-corrected chi connectivity index (χ0v) is 17.7. The van der Waals surface area contributed by atoms with E-state index >= 15 is 0 Å². The molecule has 158 valence electrons. The standard InChI is InChI=1S/C22H23N3O4.ClH/c1-4-15-6-5-7-16(12-15)22-24-18-14-20(29-11-9-27-3)19(28-10-8-26-2)13-17(18)21(23)25-22;/h1,5-7,12-14H,8-11H2,2-3H3,(H2,23,24,25);1H. The molecule has 1 heterocycles. The number of hydrogen-bond donors (Lipinski definition) is 1. The lowest BCUT2D eigenvalue weighted by molar-refractivity contribution is 0.132. The number of nitrogens with zero attached hydrogens (tertiary/aromatic N) is 2. The molecule has 0 saturated carbocycles. The van der Waals surface area contributed by atoms with E-state index in [1.165, 1.54) is 0 Å².